The zero-order chi connectivity index (χ0) is 24.4. The van der Waals surface area contributed by atoms with Gasteiger partial charge in [0, 0.05) is 38.0 Å². The molecule has 7 nitrogen and oxygen atoms in total. The third-order valence-electron chi connectivity index (χ3n) is 4.92. The van der Waals surface area contributed by atoms with Gasteiger partial charge in [0.2, 0.25) is 0 Å². The van der Waals surface area contributed by atoms with Crippen LogP contribution in [0.5, 0.6) is 5.75 Å². The molecule has 180 valence electrons. The third-order valence-corrected chi connectivity index (χ3v) is 4.92. The molecule has 4 rings (SSSR count). The zero-order valence-corrected chi connectivity index (χ0v) is 19.9. The molecule has 0 bridgehead atoms. The summed E-state index contributed by atoms with van der Waals surface area (Å²) in [5.41, 5.74) is 1.97. The standard InChI is InChI=1S/C20H21F2N5O2.2C2H6/c1-13-18(19(28)25-17-11-23-8-6-20(17,21)22)16-10-15(5-9-27(16)26-13)29-12-14-4-2-3-7-24-14;2*1-2/h2-5,7,9-10,17,23H,6,8,11-12H2,1H3,(H,25,28);2*1-2H3. The molecular formula is C24H33F2N5O2. The number of hydrogen-bond acceptors (Lipinski definition) is 5. The second kappa shape index (κ2) is 12.2. The van der Waals surface area contributed by atoms with Gasteiger partial charge in [-0.3, -0.25) is 9.78 Å². The number of fused-ring (bicyclic) bond motifs is 1. The molecule has 0 spiro atoms. The molecule has 9 heteroatoms. The third kappa shape index (κ3) is 6.47. The number of hydrogen-bond donors (Lipinski definition) is 2. The van der Waals surface area contributed by atoms with Gasteiger partial charge in [-0.05, 0) is 25.1 Å². The van der Waals surface area contributed by atoms with Crippen molar-refractivity contribution < 1.29 is 18.3 Å². The minimum Gasteiger partial charge on any atom is -0.487 e. The van der Waals surface area contributed by atoms with Gasteiger partial charge in [0.25, 0.3) is 11.8 Å². The number of aromatic nitrogens is 3. The lowest BCUT2D eigenvalue weighted by Crippen LogP contribution is -2.57. The summed E-state index contributed by atoms with van der Waals surface area (Å²) in [5, 5.41) is 9.67. The van der Waals surface area contributed by atoms with Crippen molar-refractivity contribution in [2.45, 2.75) is 59.6 Å². The molecule has 1 unspecified atom stereocenters. The molecule has 1 aliphatic heterocycles. The van der Waals surface area contributed by atoms with Crippen LogP contribution < -0.4 is 15.4 Å². The first-order valence-corrected chi connectivity index (χ1v) is 11.3. The van der Waals surface area contributed by atoms with Crippen molar-refractivity contribution in [3.8, 4) is 5.75 Å². The number of halogens is 2. The summed E-state index contributed by atoms with van der Waals surface area (Å²) >= 11 is 0. The Morgan fingerprint density at radius 1 is 1.27 bits per heavy atom. The molecule has 1 atom stereocenters. The van der Waals surface area contributed by atoms with Crippen molar-refractivity contribution in [2.75, 3.05) is 13.1 Å². The molecule has 0 aliphatic carbocycles. The number of nitrogens with zero attached hydrogens (tertiary/aromatic N) is 3. The van der Waals surface area contributed by atoms with E-state index in [1.54, 1.807) is 31.5 Å². The first-order valence-electron chi connectivity index (χ1n) is 11.3. The second-order valence-electron chi connectivity index (χ2n) is 7.00. The normalized spacial score (nSPS) is 16.6. The number of pyridine rings is 2. The van der Waals surface area contributed by atoms with E-state index in [2.05, 4.69) is 20.7 Å². The monoisotopic (exact) mass is 461 g/mol. The fourth-order valence-electron chi connectivity index (χ4n) is 3.37. The molecular weight excluding hydrogens is 428 g/mol. The number of rotatable bonds is 5. The van der Waals surface area contributed by atoms with E-state index in [-0.39, 0.29) is 31.7 Å². The van der Waals surface area contributed by atoms with E-state index >= 15 is 0 Å². The van der Waals surface area contributed by atoms with E-state index in [1.165, 1.54) is 4.52 Å². The van der Waals surface area contributed by atoms with Crippen LogP contribution in [0.3, 0.4) is 0 Å². The summed E-state index contributed by atoms with van der Waals surface area (Å²) in [4.78, 5) is 17.0. The van der Waals surface area contributed by atoms with Crippen molar-refractivity contribution in [1.29, 1.82) is 0 Å². The molecule has 3 aromatic heterocycles. The molecule has 1 fully saturated rings. The van der Waals surface area contributed by atoms with Gasteiger partial charge in [-0.1, -0.05) is 33.8 Å². The first kappa shape index (κ1) is 26.2. The summed E-state index contributed by atoms with van der Waals surface area (Å²) < 4.78 is 35.5. The van der Waals surface area contributed by atoms with Gasteiger partial charge in [-0.25, -0.2) is 13.3 Å². The summed E-state index contributed by atoms with van der Waals surface area (Å²) in [7, 11) is 0. The zero-order valence-electron chi connectivity index (χ0n) is 19.9. The topological polar surface area (TPSA) is 80.5 Å². The molecule has 0 aromatic carbocycles. The lowest BCUT2D eigenvalue weighted by molar-refractivity contribution is -0.0542. The minimum atomic E-state index is -2.95. The Hall–Kier alpha value is -3.07. The maximum absolute atomic E-state index is 14.1. The van der Waals surface area contributed by atoms with Gasteiger partial charge >= 0.3 is 0 Å². The van der Waals surface area contributed by atoms with Crippen molar-refractivity contribution in [3.63, 3.8) is 0 Å². The first-order chi connectivity index (χ1) is 15.9. The van der Waals surface area contributed by atoms with E-state index in [0.29, 0.717) is 17.0 Å². The average Bonchev–Trinajstić information content (AvgIpc) is 3.17. The highest BCUT2D eigenvalue weighted by Crippen LogP contribution is 2.26. The number of nitrogens with one attached hydrogen (secondary N) is 2. The van der Waals surface area contributed by atoms with Gasteiger partial charge in [-0.2, -0.15) is 5.10 Å². The highest BCUT2D eigenvalue weighted by atomic mass is 19.3. The molecule has 1 saturated heterocycles. The van der Waals surface area contributed by atoms with Gasteiger partial charge in [0.05, 0.1) is 22.5 Å². The molecule has 2 N–H and O–H groups in total. The fourth-order valence-corrected chi connectivity index (χ4v) is 3.37. The van der Waals surface area contributed by atoms with Crippen molar-refractivity contribution in [3.05, 3.63) is 59.7 Å². The predicted octanol–water partition coefficient (Wildman–Crippen LogP) is 4.40. The largest absolute Gasteiger partial charge is 0.487 e. The van der Waals surface area contributed by atoms with Crippen LogP contribution in [-0.2, 0) is 6.61 Å². The summed E-state index contributed by atoms with van der Waals surface area (Å²) in [5.74, 6) is -3.00. The molecule has 3 aromatic rings. The predicted molar refractivity (Wildman–Crippen MR) is 125 cm³/mol. The van der Waals surface area contributed by atoms with Crippen molar-refractivity contribution >= 4 is 11.4 Å². The second-order valence-corrected chi connectivity index (χ2v) is 7.00. The molecule has 0 radical (unpaired) electrons. The number of amides is 1. The van der Waals surface area contributed by atoms with Crippen LogP contribution in [0.4, 0.5) is 8.78 Å². The molecule has 1 amide bonds. The highest BCUT2D eigenvalue weighted by Gasteiger charge is 2.42. The average molecular weight is 462 g/mol. The summed E-state index contributed by atoms with van der Waals surface area (Å²) in [6.07, 6.45) is 3.04. The quantitative estimate of drug-likeness (QED) is 0.589. The number of carbonyl (C=O) groups excluding carboxylic acids is 1. The molecule has 1 aliphatic rings. The van der Waals surface area contributed by atoms with Crippen LogP contribution in [-0.4, -0.2) is 45.6 Å². The van der Waals surface area contributed by atoms with E-state index in [1.807, 2.05) is 45.9 Å². The van der Waals surface area contributed by atoms with Crippen molar-refractivity contribution in [1.82, 2.24) is 25.2 Å². The number of ether oxygens (including phenoxy) is 1. The Balaban J connectivity index is 0.000000914. The van der Waals surface area contributed by atoms with Crippen LogP contribution in [0.1, 0.15) is 55.9 Å². The lowest BCUT2D eigenvalue weighted by Gasteiger charge is -2.32. The SMILES string of the molecule is CC.CC.Cc1nn2ccc(OCc3ccccn3)cc2c1C(=O)NC1CNCCC1(F)F. The van der Waals surface area contributed by atoms with E-state index in [0.717, 1.165) is 5.69 Å². The van der Waals surface area contributed by atoms with Gasteiger partial charge < -0.3 is 15.4 Å². The van der Waals surface area contributed by atoms with Crippen LogP contribution >= 0.6 is 0 Å². The van der Waals surface area contributed by atoms with Crippen LogP contribution in [0.25, 0.3) is 5.52 Å². The van der Waals surface area contributed by atoms with Gasteiger partial charge in [0.15, 0.2) is 0 Å². The summed E-state index contributed by atoms with van der Waals surface area (Å²) in [6, 6.07) is 7.67. The van der Waals surface area contributed by atoms with Gasteiger partial charge in [0.1, 0.15) is 18.4 Å². The van der Waals surface area contributed by atoms with E-state index in [4.69, 9.17) is 4.74 Å². The van der Waals surface area contributed by atoms with Crippen LogP contribution in [0, 0.1) is 6.92 Å². The van der Waals surface area contributed by atoms with Crippen molar-refractivity contribution in [2.24, 2.45) is 0 Å². The Kier molecular flexibility index (Phi) is 9.72. The highest BCUT2D eigenvalue weighted by molar-refractivity contribution is 6.02. The maximum atomic E-state index is 14.1. The number of aryl methyl sites for hydroxylation is 1. The van der Waals surface area contributed by atoms with E-state index in [9.17, 15) is 13.6 Å². The number of piperidine rings is 1. The van der Waals surface area contributed by atoms with Crippen LogP contribution in [0.2, 0.25) is 0 Å². The number of carbonyl (C=O) groups is 1. The van der Waals surface area contributed by atoms with Crippen LogP contribution in [0.15, 0.2) is 42.7 Å². The number of alkyl halides is 2. The summed E-state index contributed by atoms with van der Waals surface area (Å²) in [6.45, 7) is 10.2. The Bertz CT molecular complexity index is 1020. The minimum absolute atomic E-state index is 0.0233. The lowest BCUT2D eigenvalue weighted by atomic mass is 10.0. The fraction of sp³-hybridized carbons (Fsp3) is 0.458. The maximum Gasteiger partial charge on any atom is 0.270 e. The smallest absolute Gasteiger partial charge is 0.270 e. The Morgan fingerprint density at radius 2 is 2.03 bits per heavy atom. The Labute approximate surface area is 193 Å². The van der Waals surface area contributed by atoms with E-state index < -0.39 is 17.9 Å². The molecule has 33 heavy (non-hydrogen) atoms. The molecule has 0 saturated carbocycles. The Morgan fingerprint density at radius 3 is 2.70 bits per heavy atom. The van der Waals surface area contributed by atoms with Gasteiger partial charge in [-0.15, -0.1) is 0 Å². The molecule has 4 heterocycles.